The molecule has 0 radical (unpaired) electrons. The lowest BCUT2D eigenvalue weighted by Gasteiger charge is -1.96. The maximum Gasteiger partial charge on any atom is 0.148 e. The highest BCUT2D eigenvalue weighted by Crippen LogP contribution is 2.06. The van der Waals surface area contributed by atoms with Crippen molar-refractivity contribution in [2.24, 2.45) is 17.8 Å². The van der Waals surface area contributed by atoms with Crippen LogP contribution in [0, 0.1) is 0 Å². The van der Waals surface area contributed by atoms with Crippen molar-refractivity contribution in [2.75, 3.05) is 12.8 Å². The van der Waals surface area contributed by atoms with Gasteiger partial charge in [-0.25, -0.2) is 4.98 Å². The number of imidazole rings is 1. The fraction of sp³-hybridized carbons (Fsp3) is 0.333. The van der Waals surface area contributed by atoms with Gasteiger partial charge < -0.3 is 16.0 Å². The molecule has 1 heterocycles. The molecule has 4 N–H and O–H groups in total. The fourth-order valence-electron chi connectivity index (χ4n) is 0.743. The number of nitrogen functional groups attached to an aromatic ring is 1. The molecule has 0 aliphatic carbocycles. The molecule has 1 aromatic heterocycles. The van der Waals surface area contributed by atoms with Gasteiger partial charge in [-0.1, -0.05) is 0 Å². The fourth-order valence-corrected chi connectivity index (χ4v) is 0.743. The molecule has 5 nitrogen and oxygen atoms in total. The van der Waals surface area contributed by atoms with E-state index in [2.05, 4.69) is 9.98 Å². The van der Waals surface area contributed by atoms with Crippen molar-refractivity contribution in [2.45, 2.75) is 0 Å². The molecule has 0 aromatic carbocycles. The largest absolute Gasteiger partial charge is 0.383 e. The van der Waals surface area contributed by atoms with Crippen molar-refractivity contribution < 1.29 is 0 Å². The number of nitrogens with two attached hydrogens (primary N) is 2. The van der Waals surface area contributed by atoms with Crippen molar-refractivity contribution in [3.05, 3.63) is 12.0 Å². The first-order valence-corrected chi connectivity index (χ1v) is 3.16. The quantitative estimate of drug-likeness (QED) is 0.415. The molecule has 60 valence electrons. The summed E-state index contributed by atoms with van der Waals surface area (Å²) < 4.78 is 1.69. The summed E-state index contributed by atoms with van der Waals surface area (Å²) in [5, 5.41) is 0. The number of hydrogen-bond acceptors (Lipinski definition) is 3. The lowest BCUT2D eigenvalue weighted by molar-refractivity contribution is 0.925. The third-order valence-corrected chi connectivity index (χ3v) is 1.47. The van der Waals surface area contributed by atoms with E-state index < -0.39 is 0 Å². The standard InChI is InChI=1S/C6H11N5/c1-9-5(7)4-6(8)11(2)3-10-4/h3H,8H2,1-2H3,(H2,7,9). The number of aryl methyl sites for hydroxylation is 1. The zero-order valence-electron chi connectivity index (χ0n) is 6.57. The summed E-state index contributed by atoms with van der Waals surface area (Å²) in [5.74, 6) is 0.899. The molecule has 0 aliphatic heterocycles. The van der Waals surface area contributed by atoms with Crippen molar-refractivity contribution in [1.82, 2.24) is 9.55 Å². The van der Waals surface area contributed by atoms with E-state index in [-0.39, 0.29) is 0 Å². The first-order valence-electron chi connectivity index (χ1n) is 3.16. The Hall–Kier alpha value is -1.52. The Bertz CT molecular complexity index is 285. The Labute approximate surface area is 64.7 Å². The van der Waals surface area contributed by atoms with Gasteiger partial charge >= 0.3 is 0 Å². The lowest BCUT2D eigenvalue weighted by atomic mass is 10.4. The van der Waals surface area contributed by atoms with Crippen LogP contribution in [0.1, 0.15) is 5.69 Å². The molecule has 0 saturated carbocycles. The summed E-state index contributed by atoms with van der Waals surface area (Å²) in [7, 11) is 3.40. The third kappa shape index (κ3) is 1.17. The maximum absolute atomic E-state index is 5.62. The Morgan fingerprint density at radius 3 is 2.73 bits per heavy atom. The number of rotatable bonds is 1. The van der Waals surface area contributed by atoms with E-state index >= 15 is 0 Å². The van der Waals surface area contributed by atoms with Gasteiger partial charge in [0.25, 0.3) is 0 Å². The highest BCUT2D eigenvalue weighted by molar-refractivity contribution is 5.99. The summed E-state index contributed by atoms with van der Waals surface area (Å²) in [4.78, 5) is 7.74. The number of anilines is 1. The van der Waals surface area contributed by atoms with Crippen LogP contribution in [-0.4, -0.2) is 22.4 Å². The van der Waals surface area contributed by atoms with Gasteiger partial charge in [0.1, 0.15) is 17.3 Å². The van der Waals surface area contributed by atoms with Crippen LogP contribution in [0.15, 0.2) is 11.3 Å². The van der Waals surface area contributed by atoms with Crippen molar-refractivity contribution in [3.8, 4) is 0 Å². The van der Waals surface area contributed by atoms with E-state index in [1.54, 1.807) is 25.0 Å². The molecule has 0 aliphatic rings. The van der Waals surface area contributed by atoms with E-state index in [0.717, 1.165) is 0 Å². The average molecular weight is 153 g/mol. The van der Waals surface area contributed by atoms with E-state index in [0.29, 0.717) is 17.3 Å². The van der Waals surface area contributed by atoms with Crippen molar-refractivity contribution >= 4 is 11.7 Å². The van der Waals surface area contributed by atoms with Gasteiger partial charge in [0, 0.05) is 14.1 Å². The number of aromatic nitrogens is 2. The van der Waals surface area contributed by atoms with E-state index in [9.17, 15) is 0 Å². The number of hydrogen-bond donors (Lipinski definition) is 2. The van der Waals surface area contributed by atoms with Crippen LogP contribution in [0.4, 0.5) is 5.82 Å². The van der Waals surface area contributed by atoms with E-state index in [4.69, 9.17) is 11.5 Å². The second-order valence-electron chi connectivity index (χ2n) is 2.20. The van der Waals surface area contributed by atoms with Gasteiger partial charge in [-0.15, -0.1) is 0 Å². The molecule has 1 rings (SSSR count). The van der Waals surface area contributed by atoms with Gasteiger partial charge in [-0.05, 0) is 0 Å². The van der Waals surface area contributed by atoms with Crippen LogP contribution in [-0.2, 0) is 7.05 Å². The smallest absolute Gasteiger partial charge is 0.148 e. The van der Waals surface area contributed by atoms with E-state index in [1.807, 2.05) is 0 Å². The summed E-state index contributed by atoms with van der Waals surface area (Å²) in [5.41, 5.74) is 11.7. The minimum absolute atomic E-state index is 0.364. The predicted octanol–water partition coefficient (Wildman–Crippen LogP) is -0.663. The van der Waals surface area contributed by atoms with Crippen molar-refractivity contribution in [3.63, 3.8) is 0 Å². The molecule has 0 atom stereocenters. The van der Waals surface area contributed by atoms with Crippen LogP contribution in [0.25, 0.3) is 0 Å². The Balaban J connectivity index is 3.15. The lowest BCUT2D eigenvalue weighted by Crippen LogP contribution is -2.15. The summed E-state index contributed by atoms with van der Waals surface area (Å²) in [6.45, 7) is 0. The second-order valence-corrected chi connectivity index (χ2v) is 2.20. The normalized spacial score (nSPS) is 12.0. The molecule has 0 spiro atoms. The van der Waals surface area contributed by atoms with Gasteiger partial charge in [0.2, 0.25) is 0 Å². The second kappa shape index (κ2) is 2.61. The Morgan fingerprint density at radius 2 is 2.36 bits per heavy atom. The van der Waals surface area contributed by atoms with E-state index in [1.165, 1.54) is 0 Å². The molecule has 1 aromatic rings. The first kappa shape index (κ1) is 7.59. The van der Waals surface area contributed by atoms with Crippen LogP contribution in [0.5, 0.6) is 0 Å². The first-order chi connectivity index (χ1) is 5.16. The SMILES string of the molecule is CN=C(N)c1ncn(C)c1N. The topological polar surface area (TPSA) is 82.2 Å². The molecule has 0 bridgehead atoms. The van der Waals surface area contributed by atoms with Gasteiger partial charge in [-0.3, -0.25) is 4.99 Å². The monoisotopic (exact) mass is 153 g/mol. The minimum Gasteiger partial charge on any atom is -0.383 e. The number of amidine groups is 1. The summed E-state index contributed by atoms with van der Waals surface area (Å²) in [6.07, 6.45) is 1.60. The zero-order chi connectivity index (χ0) is 8.43. The molecule has 0 unspecified atom stereocenters. The highest BCUT2D eigenvalue weighted by Gasteiger charge is 2.07. The minimum atomic E-state index is 0.364. The molecule has 0 saturated heterocycles. The maximum atomic E-state index is 5.62. The number of nitrogens with zero attached hydrogens (tertiary/aromatic N) is 3. The van der Waals surface area contributed by atoms with Gasteiger partial charge in [0.15, 0.2) is 0 Å². The van der Waals surface area contributed by atoms with Crippen LogP contribution >= 0.6 is 0 Å². The number of aliphatic imine (C=N–C) groups is 1. The van der Waals surface area contributed by atoms with Crippen LogP contribution in [0.3, 0.4) is 0 Å². The molecular weight excluding hydrogens is 142 g/mol. The molecule has 0 fully saturated rings. The highest BCUT2D eigenvalue weighted by atomic mass is 15.1. The summed E-state index contributed by atoms with van der Waals surface area (Å²) in [6, 6.07) is 0. The molecular formula is C6H11N5. The summed E-state index contributed by atoms with van der Waals surface area (Å²) >= 11 is 0. The zero-order valence-corrected chi connectivity index (χ0v) is 6.57. The van der Waals surface area contributed by atoms with Crippen molar-refractivity contribution in [1.29, 1.82) is 0 Å². The third-order valence-electron chi connectivity index (χ3n) is 1.47. The van der Waals surface area contributed by atoms with Gasteiger partial charge in [0.05, 0.1) is 6.33 Å². The molecule has 5 heteroatoms. The predicted molar refractivity (Wildman–Crippen MR) is 44.3 cm³/mol. The van der Waals surface area contributed by atoms with Crippen LogP contribution < -0.4 is 11.5 Å². The Morgan fingerprint density at radius 1 is 1.73 bits per heavy atom. The Kier molecular flexibility index (Phi) is 1.80. The average Bonchev–Trinajstić information content (AvgIpc) is 2.32. The van der Waals surface area contributed by atoms with Gasteiger partial charge in [-0.2, -0.15) is 0 Å². The molecule has 0 amide bonds. The molecule has 11 heavy (non-hydrogen) atoms. The van der Waals surface area contributed by atoms with Crippen LogP contribution in [0.2, 0.25) is 0 Å².